The fraction of sp³-hybridized carbons (Fsp3) is 0.444. The van der Waals surface area contributed by atoms with Gasteiger partial charge in [-0.1, -0.05) is 47.3 Å². The number of hydrogen-bond donors (Lipinski definition) is 2. The zero-order chi connectivity index (χ0) is 21.4. The Morgan fingerprint density at radius 2 is 1.69 bits per heavy atom. The average Bonchev–Trinajstić information content (AvgIpc) is 3.05. The number of halogens is 1. The van der Waals surface area contributed by atoms with Crippen molar-refractivity contribution in [2.75, 3.05) is 30.4 Å². The summed E-state index contributed by atoms with van der Waals surface area (Å²) in [5, 5.41) is 12.4. The molecular weight excluding hydrogens is 432 g/mol. The van der Waals surface area contributed by atoms with Crippen LogP contribution in [0.1, 0.15) is 32.4 Å². The average molecular weight is 457 g/mol. The Morgan fingerprint density at radius 3 is 2.24 bits per heavy atom. The molecule has 1 atom stereocenters. The number of nitrogens with two attached hydrogens (primary N) is 1. The fourth-order valence-corrected chi connectivity index (χ4v) is 4.11. The van der Waals surface area contributed by atoms with Gasteiger partial charge in [-0.2, -0.15) is 0 Å². The molecule has 1 heterocycles. The molecule has 0 radical (unpaired) electrons. The van der Waals surface area contributed by atoms with Crippen LogP contribution in [0.3, 0.4) is 0 Å². The van der Waals surface area contributed by atoms with Gasteiger partial charge in [0, 0.05) is 18.1 Å². The van der Waals surface area contributed by atoms with Crippen LogP contribution < -0.4 is 11.2 Å². The van der Waals surface area contributed by atoms with Gasteiger partial charge in [0.1, 0.15) is 0 Å². The first-order valence-corrected chi connectivity index (χ1v) is 11.5. The number of benzene rings is 1. The lowest BCUT2D eigenvalue weighted by Crippen LogP contribution is -2.32. The Labute approximate surface area is 183 Å². The SMILES string of the molecule is CCN(CC)C(=O)CSc1nnc(SCC(=O)NC(C)c2ccc(Cl)cc2)n1N. The van der Waals surface area contributed by atoms with E-state index in [9.17, 15) is 9.59 Å². The molecule has 1 aromatic carbocycles. The summed E-state index contributed by atoms with van der Waals surface area (Å²) in [6.45, 7) is 7.10. The van der Waals surface area contributed by atoms with Crippen LogP contribution in [-0.4, -0.2) is 56.2 Å². The van der Waals surface area contributed by atoms with E-state index >= 15 is 0 Å². The standard InChI is InChI=1S/C18H25ClN6O2S2/c1-4-24(5-2)16(27)11-29-18-23-22-17(25(18)20)28-10-15(26)21-12(3)13-6-8-14(19)9-7-13/h6-9,12H,4-5,10-11,20H2,1-3H3,(H,21,26). The third kappa shape index (κ3) is 6.83. The molecule has 0 aliphatic rings. The van der Waals surface area contributed by atoms with Gasteiger partial charge in [-0.25, -0.2) is 4.68 Å². The number of nitrogen functional groups attached to an aromatic ring is 1. The lowest BCUT2D eigenvalue weighted by atomic mass is 10.1. The number of thioether (sulfide) groups is 2. The highest BCUT2D eigenvalue weighted by molar-refractivity contribution is 8.00. The van der Waals surface area contributed by atoms with Crippen LogP contribution >= 0.6 is 35.1 Å². The molecule has 2 amide bonds. The topological polar surface area (TPSA) is 106 Å². The Bertz CT molecular complexity index is 826. The number of nitrogens with zero attached hydrogens (tertiary/aromatic N) is 4. The third-order valence-electron chi connectivity index (χ3n) is 4.15. The van der Waals surface area contributed by atoms with Crippen molar-refractivity contribution in [1.29, 1.82) is 0 Å². The molecule has 0 fully saturated rings. The van der Waals surface area contributed by atoms with Crippen molar-refractivity contribution >= 4 is 46.9 Å². The minimum atomic E-state index is -0.147. The van der Waals surface area contributed by atoms with Gasteiger partial charge in [0.25, 0.3) is 0 Å². The second-order valence-corrected chi connectivity index (χ2v) is 8.44. The minimum Gasteiger partial charge on any atom is -0.349 e. The quantitative estimate of drug-likeness (QED) is 0.418. The van der Waals surface area contributed by atoms with E-state index in [1.807, 2.05) is 32.9 Å². The van der Waals surface area contributed by atoms with Gasteiger partial charge in [-0.15, -0.1) is 10.2 Å². The Kier molecular flexibility index (Phi) is 9.12. The third-order valence-corrected chi connectivity index (χ3v) is 6.28. The number of rotatable bonds is 10. The predicted octanol–water partition coefficient (Wildman–Crippen LogP) is 2.58. The van der Waals surface area contributed by atoms with Crippen molar-refractivity contribution in [3.8, 4) is 0 Å². The first-order valence-electron chi connectivity index (χ1n) is 9.14. The van der Waals surface area contributed by atoms with Crippen molar-refractivity contribution < 1.29 is 9.59 Å². The molecule has 1 aromatic heterocycles. The molecule has 158 valence electrons. The van der Waals surface area contributed by atoms with Crippen molar-refractivity contribution in [2.24, 2.45) is 0 Å². The number of nitrogens with one attached hydrogen (secondary N) is 1. The van der Waals surface area contributed by atoms with Crippen LogP contribution in [0.25, 0.3) is 0 Å². The van der Waals surface area contributed by atoms with E-state index in [0.717, 1.165) is 5.56 Å². The number of amides is 2. The molecule has 11 heteroatoms. The first kappa shape index (κ1) is 23.4. The lowest BCUT2D eigenvalue weighted by Gasteiger charge is -2.17. The molecule has 0 bridgehead atoms. The molecule has 0 saturated heterocycles. The molecular formula is C18H25ClN6O2S2. The molecule has 0 aliphatic carbocycles. The molecule has 3 N–H and O–H groups in total. The molecule has 29 heavy (non-hydrogen) atoms. The highest BCUT2D eigenvalue weighted by Gasteiger charge is 2.17. The summed E-state index contributed by atoms with van der Waals surface area (Å²) < 4.78 is 1.31. The molecule has 2 aromatic rings. The zero-order valence-electron chi connectivity index (χ0n) is 16.6. The Morgan fingerprint density at radius 1 is 1.14 bits per heavy atom. The van der Waals surface area contributed by atoms with E-state index in [0.29, 0.717) is 28.4 Å². The summed E-state index contributed by atoms with van der Waals surface area (Å²) in [7, 11) is 0. The van der Waals surface area contributed by atoms with E-state index in [4.69, 9.17) is 17.4 Å². The normalized spacial score (nSPS) is 11.9. The minimum absolute atomic E-state index is 0.0211. The molecule has 8 nitrogen and oxygen atoms in total. The van der Waals surface area contributed by atoms with Crippen LogP contribution in [0, 0.1) is 0 Å². The molecule has 1 unspecified atom stereocenters. The van der Waals surface area contributed by atoms with E-state index in [2.05, 4.69) is 15.5 Å². The van der Waals surface area contributed by atoms with Gasteiger partial charge in [0.05, 0.1) is 17.5 Å². The summed E-state index contributed by atoms with van der Waals surface area (Å²) >= 11 is 8.30. The van der Waals surface area contributed by atoms with E-state index in [-0.39, 0.29) is 29.4 Å². The number of hydrogen-bond acceptors (Lipinski definition) is 7. The van der Waals surface area contributed by atoms with Crippen LogP contribution in [0.15, 0.2) is 34.6 Å². The molecule has 0 aliphatic heterocycles. The highest BCUT2D eigenvalue weighted by Crippen LogP contribution is 2.21. The fourth-order valence-electron chi connectivity index (χ4n) is 2.50. The summed E-state index contributed by atoms with van der Waals surface area (Å²) in [5.74, 6) is 6.26. The van der Waals surface area contributed by atoms with Crippen molar-refractivity contribution in [3.05, 3.63) is 34.9 Å². The number of carbonyl (C=O) groups is 2. The largest absolute Gasteiger partial charge is 0.349 e. The van der Waals surface area contributed by atoms with Gasteiger partial charge in [-0.05, 0) is 38.5 Å². The van der Waals surface area contributed by atoms with Gasteiger partial charge >= 0.3 is 0 Å². The number of carbonyl (C=O) groups excluding carboxylic acids is 2. The van der Waals surface area contributed by atoms with Crippen LogP contribution in [0.2, 0.25) is 5.02 Å². The van der Waals surface area contributed by atoms with Gasteiger partial charge < -0.3 is 16.1 Å². The predicted molar refractivity (Wildman–Crippen MR) is 118 cm³/mol. The van der Waals surface area contributed by atoms with Crippen LogP contribution in [0.5, 0.6) is 0 Å². The van der Waals surface area contributed by atoms with Crippen LogP contribution in [0.4, 0.5) is 0 Å². The van der Waals surface area contributed by atoms with Crippen molar-refractivity contribution in [1.82, 2.24) is 25.1 Å². The number of aromatic nitrogens is 3. The smallest absolute Gasteiger partial charge is 0.233 e. The van der Waals surface area contributed by atoms with Crippen LogP contribution in [-0.2, 0) is 9.59 Å². The second kappa shape index (κ2) is 11.3. The zero-order valence-corrected chi connectivity index (χ0v) is 19.0. The first-order chi connectivity index (χ1) is 13.8. The van der Waals surface area contributed by atoms with Gasteiger partial charge in [-0.3, -0.25) is 9.59 Å². The van der Waals surface area contributed by atoms with Crippen molar-refractivity contribution in [2.45, 2.75) is 37.1 Å². The summed E-state index contributed by atoms with van der Waals surface area (Å²) in [6, 6.07) is 7.18. The lowest BCUT2D eigenvalue weighted by molar-refractivity contribution is -0.128. The maximum absolute atomic E-state index is 12.2. The van der Waals surface area contributed by atoms with Crippen molar-refractivity contribution in [3.63, 3.8) is 0 Å². The molecule has 0 spiro atoms. The Balaban J connectivity index is 1.84. The van der Waals surface area contributed by atoms with E-state index in [1.165, 1.54) is 28.2 Å². The van der Waals surface area contributed by atoms with E-state index < -0.39 is 0 Å². The molecule has 0 saturated carbocycles. The molecule has 2 rings (SSSR count). The summed E-state index contributed by atoms with van der Waals surface area (Å²) in [5.41, 5.74) is 0.964. The second-order valence-electron chi connectivity index (χ2n) is 6.12. The maximum atomic E-state index is 12.2. The Hall–Kier alpha value is -1.91. The summed E-state index contributed by atoms with van der Waals surface area (Å²) in [4.78, 5) is 26.1. The highest BCUT2D eigenvalue weighted by atomic mass is 35.5. The van der Waals surface area contributed by atoms with Gasteiger partial charge in [0.2, 0.25) is 22.1 Å². The van der Waals surface area contributed by atoms with Gasteiger partial charge in [0.15, 0.2) is 0 Å². The monoisotopic (exact) mass is 456 g/mol. The summed E-state index contributed by atoms with van der Waals surface area (Å²) in [6.07, 6.45) is 0. The van der Waals surface area contributed by atoms with E-state index in [1.54, 1.807) is 17.0 Å². The maximum Gasteiger partial charge on any atom is 0.233 e.